The highest BCUT2D eigenvalue weighted by Gasteiger charge is 2.28. The Kier molecular flexibility index (Phi) is 6.95. The highest BCUT2D eigenvalue weighted by molar-refractivity contribution is 5.70. The number of carboxylic acid groups (broad SMARTS) is 1. The maximum atomic E-state index is 11.3. The maximum Gasteiger partial charge on any atom is 0.306 e. The third kappa shape index (κ3) is 5.35. The van der Waals surface area contributed by atoms with Crippen LogP contribution in [0.1, 0.15) is 62.7 Å². The number of aliphatic carboxylic acids is 1. The van der Waals surface area contributed by atoms with Gasteiger partial charge in [0.15, 0.2) is 5.82 Å². The molecule has 0 saturated heterocycles. The molecule has 1 aliphatic rings. The molecule has 4 rings (SSSR count). The van der Waals surface area contributed by atoms with Crippen LogP contribution in [0.15, 0.2) is 12.1 Å². The Morgan fingerprint density at radius 3 is 2.85 bits per heavy atom. The van der Waals surface area contributed by atoms with Crippen molar-refractivity contribution < 1.29 is 14.6 Å². The Morgan fingerprint density at radius 1 is 1.24 bits per heavy atom. The number of unbranched alkanes of at least 4 members (excludes halogenated alkanes) is 1. The second-order valence-corrected chi connectivity index (χ2v) is 8.57. The second-order valence-electron chi connectivity index (χ2n) is 8.57. The van der Waals surface area contributed by atoms with E-state index in [1.165, 1.54) is 0 Å². The first-order valence-electron chi connectivity index (χ1n) is 11.5. The Morgan fingerprint density at radius 2 is 2.09 bits per heavy atom. The summed E-state index contributed by atoms with van der Waals surface area (Å²) in [5.41, 5.74) is 2.89. The Labute approximate surface area is 192 Å². The van der Waals surface area contributed by atoms with E-state index in [1.54, 1.807) is 9.48 Å². The first-order valence-corrected chi connectivity index (χ1v) is 11.5. The summed E-state index contributed by atoms with van der Waals surface area (Å²) >= 11 is 0. The largest absolute Gasteiger partial charge is 0.489 e. The lowest BCUT2D eigenvalue weighted by atomic mass is 9.87. The normalized spacial score (nSPS) is 18.4. The Balaban J connectivity index is 1.49. The molecule has 0 aromatic carbocycles. The van der Waals surface area contributed by atoms with Crippen molar-refractivity contribution in [3.8, 4) is 17.1 Å². The summed E-state index contributed by atoms with van der Waals surface area (Å²) in [6.45, 7) is 4.40. The quantitative estimate of drug-likeness (QED) is 0.517. The second kappa shape index (κ2) is 10.1. The number of carbonyl (C=O) groups is 1. The van der Waals surface area contributed by atoms with Crippen molar-refractivity contribution in [1.82, 2.24) is 40.2 Å². The monoisotopic (exact) mass is 454 g/mol. The van der Waals surface area contributed by atoms with E-state index in [2.05, 4.69) is 32.6 Å². The standard InChI is InChI=1S/C22H30N8O3/c1-4-5-9-20-24-28-30(26-20)13-18-21(25-27-29(18)3)17-10-11-19(14(2)23-17)33-16-8-6-7-15(12-16)22(31)32/h10-11,15-16H,4-9,12-13H2,1-3H3,(H,31,32)/t15-,16-/m0/s1. The van der Waals surface area contributed by atoms with Crippen molar-refractivity contribution >= 4 is 5.97 Å². The average Bonchev–Trinajstić information content (AvgIpc) is 3.41. The molecule has 33 heavy (non-hydrogen) atoms. The maximum absolute atomic E-state index is 11.3. The Bertz CT molecular complexity index is 1110. The summed E-state index contributed by atoms with van der Waals surface area (Å²) in [6.07, 6.45) is 5.74. The van der Waals surface area contributed by atoms with Crippen LogP contribution >= 0.6 is 0 Å². The van der Waals surface area contributed by atoms with Gasteiger partial charge in [-0.25, -0.2) is 9.67 Å². The minimum Gasteiger partial charge on any atom is -0.489 e. The number of hydrogen-bond donors (Lipinski definition) is 1. The third-order valence-corrected chi connectivity index (χ3v) is 6.03. The van der Waals surface area contributed by atoms with E-state index in [4.69, 9.17) is 9.72 Å². The van der Waals surface area contributed by atoms with Gasteiger partial charge in [0.1, 0.15) is 18.0 Å². The van der Waals surface area contributed by atoms with Gasteiger partial charge in [0.2, 0.25) is 0 Å². The molecule has 1 fully saturated rings. The lowest BCUT2D eigenvalue weighted by Gasteiger charge is -2.27. The zero-order chi connectivity index (χ0) is 23.4. The minimum atomic E-state index is -0.747. The predicted octanol–water partition coefficient (Wildman–Crippen LogP) is 2.59. The molecule has 0 unspecified atom stereocenters. The number of aryl methyl sites for hydroxylation is 3. The molecule has 1 N–H and O–H groups in total. The van der Waals surface area contributed by atoms with Crippen molar-refractivity contribution in [2.45, 2.75) is 71.4 Å². The fourth-order valence-electron chi connectivity index (χ4n) is 4.13. The van der Waals surface area contributed by atoms with Crippen molar-refractivity contribution in [1.29, 1.82) is 0 Å². The van der Waals surface area contributed by atoms with E-state index in [1.807, 2.05) is 26.1 Å². The molecule has 3 aromatic rings. The van der Waals surface area contributed by atoms with Gasteiger partial charge in [0.05, 0.1) is 29.1 Å². The zero-order valence-electron chi connectivity index (χ0n) is 19.3. The van der Waals surface area contributed by atoms with Crippen LogP contribution in [0.2, 0.25) is 0 Å². The number of tetrazole rings is 1. The van der Waals surface area contributed by atoms with Crippen LogP contribution in [0.25, 0.3) is 11.4 Å². The Hall–Kier alpha value is -3.37. The van der Waals surface area contributed by atoms with E-state index >= 15 is 0 Å². The zero-order valence-corrected chi connectivity index (χ0v) is 19.3. The van der Waals surface area contributed by atoms with E-state index in [9.17, 15) is 9.90 Å². The van der Waals surface area contributed by atoms with Gasteiger partial charge in [-0.15, -0.1) is 15.3 Å². The first kappa shape index (κ1) is 22.8. The molecule has 11 heteroatoms. The third-order valence-electron chi connectivity index (χ3n) is 6.03. The molecule has 0 spiro atoms. The average molecular weight is 455 g/mol. The van der Waals surface area contributed by atoms with Gasteiger partial charge in [-0.2, -0.15) is 4.80 Å². The highest BCUT2D eigenvalue weighted by Crippen LogP contribution is 2.30. The molecule has 0 amide bonds. The van der Waals surface area contributed by atoms with Gasteiger partial charge in [-0.3, -0.25) is 4.79 Å². The van der Waals surface area contributed by atoms with Crippen LogP contribution in [-0.4, -0.2) is 57.4 Å². The van der Waals surface area contributed by atoms with Crippen molar-refractivity contribution in [3.05, 3.63) is 29.3 Å². The minimum absolute atomic E-state index is 0.112. The first-order chi connectivity index (χ1) is 15.9. The van der Waals surface area contributed by atoms with Gasteiger partial charge in [0, 0.05) is 13.5 Å². The van der Waals surface area contributed by atoms with E-state index in [0.717, 1.165) is 49.3 Å². The lowest BCUT2D eigenvalue weighted by molar-refractivity contribution is -0.143. The number of nitrogens with zero attached hydrogens (tertiary/aromatic N) is 8. The molecule has 11 nitrogen and oxygen atoms in total. The fraction of sp³-hybridized carbons (Fsp3) is 0.591. The number of rotatable bonds is 9. The van der Waals surface area contributed by atoms with Gasteiger partial charge < -0.3 is 9.84 Å². The van der Waals surface area contributed by atoms with Gasteiger partial charge in [-0.05, 0) is 56.4 Å². The summed E-state index contributed by atoms with van der Waals surface area (Å²) in [6, 6.07) is 3.73. The smallest absolute Gasteiger partial charge is 0.306 e. The van der Waals surface area contributed by atoms with Crippen LogP contribution < -0.4 is 4.74 Å². The summed E-state index contributed by atoms with van der Waals surface area (Å²) in [7, 11) is 1.83. The van der Waals surface area contributed by atoms with Crippen LogP contribution in [0, 0.1) is 12.8 Å². The van der Waals surface area contributed by atoms with Crippen molar-refractivity contribution in [2.75, 3.05) is 0 Å². The number of carboxylic acids is 1. The van der Waals surface area contributed by atoms with Crippen LogP contribution in [0.3, 0.4) is 0 Å². The number of hydrogen-bond acceptors (Lipinski definition) is 8. The lowest BCUT2D eigenvalue weighted by Crippen LogP contribution is -2.29. The molecule has 3 aromatic heterocycles. The van der Waals surface area contributed by atoms with Gasteiger partial charge in [0.25, 0.3) is 0 Å². The van der Waals surface area contributed by atoms with Crippen LogP contribution in [0.5, 0.6) is 5.75 Å². The molecule has 0 bridgehead atoms. The fourth-order valence-corrected chi connectivity index (χ4v) is 4.13. The van der Waals surface area contributed by atoms with Crippen LogP contribution in [-0.2, 0) is 24.8 Å². The summed E-state index contributed by atoms with van der Waals surface area (Å²) in [5, 5.41) is 30.5. The molecule has 0 radical (unpaired) electrons. The van der Waals surface area contributed by atoms with E-state index < -0.39 is 5.97 Å². The molecule has 1 saturated carbocycles. The molecule has 3 heterocycles. The summed E-state index contributed by atoms with van der Waals surface area (Å²) < 4.78 is 7.82. The summed E-state index contributed by atoms with van der Waals surface area (Å²) in [5.74, 6) is 0.310. The molecule has 0 aliphatic heterocycles. The molecular formula is C22H30N8O3. The topological polar surface area (TPSA) is 134 Å². The predicted molar refractivity (Wildman–Crippen MR) is 119 cm³/mol. The van der Waals surface area contributed by atoms with Gasteiger partial charge >= 0.3 is 5.97 Å². The van der Waals surface area contributed by atoms with Gasteiger partial charge in [-0.1, -0.05) is 18.6 Å². The van der Waals surface area contributed by atoms with Crippen molar-refractivity contribution in [3.63, 3.8) is 0 Å². The number of aromatic nitrogens is 8. The number of pyridine rings is 1. The molecule has 2 atom stereocenters. The SMILES string of the molecule is CCCCc1nnn(Cc2c(-c3ccc(O[C@H]4CCC[C@H](C(=O)O)C4)c(C)n3)nnn2C)n1. The van der Waals surface area contributed by atoms with Crippen molar-refractivity contribution in [2.24, 2.45) is 13.0 Å². The molecule has 176 valence electrons. The van der Waals surface area contributed by atoms with Crippen LogP contribution in [0.4, 0.5) is 0 Å². The molecule has 1 aliphatic carbocycles. The number of ether oxygens (including phenoxy) is 1. The summed E-state index contributed by atoms with van der Waals surface area (Å²) in [4.78, 5) is 17.6. The van der Waals surface area contributed by atoms with E-state index in [-0.39, 0.29) is 12.0 Å². The van der Waals surface area contributed by atoms with E-state index in [0.29, 0.717) is 36.5 Å². The molecular weight excluding hydrogens is 424 g/mol. The highest BCUT2D eigenvalue weighted by atomic mass is 16.5.